The van der Waals surface area contributed by atoms with Gasteiger partial charge in [0, 0.05) is 22.8 Å². The molecule has 0 saturated heterocycles. The Balaban J connectivity index is 2.44. The van der Waals surface area contributed by atoms with E-state index in [1.165, 1.54) is 7.11 Å². The van der Waals surface area contributed by atoms with Crippen LogP contribution >= 0.6 is 11.6 Å². The van der Waals surface area contributed by atoms with Crippen LogP contribution in [0.15, 0.2) is 36.4 Å². The largest absolute Gasteiger partial charge is 0.493 e. The standard InChI is InChI=1S/C14H11ClN2O2/c1-18-12-5-4-11(17)7-14(12)19-13-6-10(15)3-2-9(13)8-16/h2-7H,17H2,1H3. The number of methoxy groups -OCH3 is 1. The maximum atomic E-state index is 9.04. The highest BCUT2D eigenvalue weighted by atomic mass is 35.5. The third-order valence-electron chi connectivity index (χ3n) is 2.47. The van der Waals surface area contributed by atoms with E-state index in [2.05, 4.69) is 0 Å². The van der Waals surface area contributed by atoms with Crippen molar-refractivity contribution < 1.29 is 9.47 Å². The minimum Gasteiger partial charge on any atom is -0.493 e. The molecule has 0 aliphatic rings. The van der Waals surface area contributed by atoms with Crippen LogP contribution in [-0.4, -0.2) is 7.11 Å². The lowest BCUT2D eigenvalue weighted by molar-refractivity contribution is 0.379. The summed E-state index contributed by atoms with van der Waals surface area (Å²) in [4.78, 5) is 0. The normalized spacial score (nSPS) is 9.74. The summed E-state index contributed by atoms with van der Waals surface area (Å²) in [6, 6.07) is 11.9. The molecule has 0 aliphatic carbocycles. The zero-order chi connectivity index (χ0) is 13.8. The van der Waals surface area contributed by atoms with E-state index in [4.69, 9.17) is 32.1 Å². The molecule has 0 fully saturated rings. The van der Waals surface area contributed by atoms with Gasteiger partial charge in [-0.2, -0.15) is 5.26 Å². The first kappa shape index (κ1) is 13.1. The Labute approximate surface area is 115 Å². The van der Waals surface area contributed by atoms with Crippen LogP contribution in [0.5, 0.6) is 17.2 Å². The number of rotatable bonds is 3. The molecule has 2 rings (SSSR count). The average molecular weight is 275 g/mol. The predicted octanol–water partition coefficient (Wildman–Crippen LogP) is 3.59. The van der Waals surface area contributed by atoms with Crippen molar-refractivity contribution in [2.24, 2.45) is 0 Å². The van der Waals surface area contributed by atoms with E-state index < -0.39 is 0 Å². The van der Waals surface area contributed by atoms with Gasteiger partial charge in [-0.05, 0) is 24.3 Å². The quantitative estimate of drug-likeness (QED) is 0.869. The second kappa shape index (κ2) is 5.51. The summed E-state index contributed by atoms with van der Waals surface area (Å²) in [5.74, 6) is 1.32. The van der Waals surface area contributed by atoms with Crippen LogP contribution in [0.3, 0.4) is 0 Å². The molecule has 5 heteroatoms. The molecule has 2 N–H and O–H groups in total. The number of hydrogen-bond donors (Lipinski definition) is 1. The van der Waals surface area contributed by atoms with Crippen LogP contribution in [0.1, 0.15) is 5.56 Å². The summed E-state index contributed by atoms with van der Waals surface area (Å²) in [6.07, 6.45) is 0. The summed E-state index contributed by atoms with van der Waals surface area (Å²) < 4.78 is 10.9. The van der Waals surface area contributed by atoms with E-state index in [9.17, 15) is 0 Å². The third kappa shape index (κ3) is 2.90. The second-order valence-corrected chi connectivity index (χ2v) is 4.20. The molecule has 0 atom stereocenters. The molecule has 96 valence electrons. The lowest BCUT2D eigenvalue weighted by atomic mass is 10.2. The van der Waals surface area contributed by atoms with Crippen LogP contribution in [0.4, 0.5) is 5.69 Å². The molecule has 2 aromatic carbocycles. The van der Waals surface area contributed by atoms with Crippen molar-refractivity contribution in [2.75, 3.05) is 12.8 Å². The summed E-state index contributed by atoms with van der Waals surface area (Å²) in [6.45, 7) is 0. The van der Waals surface area contributed by atoms with Gasteiger partial charge in [-0.3, -0.25) is 0 Å². The Hall–Kier alpha value is -2.38. The van der Waals surface area contributed by atoms with Gasteiger partial charge in [0.15, 0.2) is 11.5 Å². The minimum atomic E-state index is 0.360. The van der Waals surface area contributed by atoms with Gasteiger partial charge in [0.1, 0.15) is 11.8 Å². The fourth-order valence-corrected chi connectivity index (χ4v) is 1.73. The molecule has 0 bridgehead atoms. The fraction of sp³-hybridized carbons (Fsp3) is 0.0714. The maximum absolute atomic E-state index is 9.04. The van der Waals surface area contributed by atoms with E-state index in [1.54, 1.807) is 36.4 Å². The number of nitriles is 1. The first-order valence-electron chi connectivity index (χ1n) is 5.45. The van der Waals surface area contributed by atoms with Crippen LogP contribution in [-0.2, 0) is 0 Å². The Kier molecular flexibility index (Phi) is 3.79. The number of hydrogen-bond acceptors (Lipinski definition) is 4. The number of halogens is 1. The van der Waals surface area contributed by atoms with Gasteiger partial charge in [-0.15, -0.1) is 0 Å². The Morgan fingerprint density at radius 3 is 2.58 bits per heavy atom. The number of ether oxygens (including phenoxy) is 2. The second-order valence-electron chi connectivity index (χ2n) is 3.76. The Bertz CT molecular complexity index is 650. The SMILES string of the molecule is COc1ccc(N)cc1Oc1cc(Cl)ccc1C#N. The van der Waals surface area contributed by atoms with Crippen molar-refractivity contribution in [1.82, 2.24) is 0 Å². The highest BCUT2D eigenvalue weighted by Gasteiger charge is 2.10. The van der Waals surface area contributed by atoms with Crippen LogP contribution in [0, 0.1) is 11.3 Å². The summed E-state index contributed by atoms with van der Waals surface area (Å²) in [5, 5.41) is 9.52. The number of anilines is 1. The van der Waals surface area contributed by atoms with Crippen molar-refractivity contribution in [3.8, 4) is 23.3 Å². The first-order chi connectivity index (χ1) is 9.13. The van der Waals surface area contributed by atoms with Gasteiger partial charge in [0.2, 0.25) is 0 Å². The van der Waals surface area contributed by atoms with E-state index in [1.807, 2.05) is 6.07 Å². The molecule has 0 spiro atoms. The van der Waals surface area contributed by atoms with Crippen molar-refractivity contribution in [2.45, 2.75) is 0 Å². The minimum absolute atomic E-state index is 0.360. The van der Waals surface area contributed by atoms with Crippen molar-refractivity contribution in [1.29, 1.82) is 5.26 Å². The number of benzene rings is 2. The van der Waals surface area contributed by atoms with E-state index in [0.29, 0.717) is 33.5 Å². The third-order valence-corrected chi connectivity index (χ3v) is 2.71. The van der Waals surface area contributed by atoms with E-state index in [0.717, 1.165) is 0 Å². The van der Waals surface area contributed by atoms with E-state index in [-0.39, 0.29) is 0 Å². The monoisotopic (exact) mass is 274 g/mol. The molecule has 0 saturated carbocycles. The lowest BCUT2D eigenvalue weighted by Gasteiger charge is -2.12. The van der Waals surface area contributed by atoms with Gasteiger partial charge < -0.3 is 15.2 Å². The number of nitrogens with zero attached hydrogens (tertiary/aromatic N) is 1. The highest BCUT2D eigenvalue weighted by Crippen LogP contribution is 2.35. The molecule has 0 unspecified atom stereocenters. The lowest BCUT2D eigenvalue weighted by Crippen LogP contribution is -1.94. The van der Waals surface area contributed by atoms with Gasteiger partial charge in [0.05, 0.1) is 12.7 Å². The van der Waals surface area contributed by atoms with Crippen molar-refractivity contribution in [3.63, 3.8) is 0 Å². The Morgan fingerprint density at radius 1 is 1.11 bits per heavy atom. The van der Waals surface area contributed by atoms with Crippen molar-refractivity contribution in [3.05, 3.63) is 47.0 Å². The topological polar surface area (TPSA) is 68.3 Å². The van der Waals surface area contributed by atoms with E-state index >= 15 is 0 Å². The molecule has 19 heavy (non-hydrogen) atoms. The zero-order valence-electron chi connectivity index (χ0n) is 10.2. The van der Waals surface area contributed by atoms with Crippen LogP contribution in [0.2, 0.25) is 5.02 Å². The van der Waals surface area contributed by atoms with Gasteiger partial charge in [-0.25, -0.2) is 0 Å². The molecule has 0 aromatic heterocycles. The number of nitrogens with two attached hydrogens (primary N) is 1. The summed E-state index contributed by atoms with van der Waals surface area (Å²) in [7, 11) is 1.53. The first-order valence-corrected chi connectivity index (χ1v) is 5.83. The number of nitrogen functional groups attached to an aromatic ring is 1. The van der Waals surface area contributed by atoms with Crippen molar-refractivity contribution >= 4 is 17.3 Å². The Morgan fingerprint density at radius 2 is 1.89 bits per heavy atom. The highest BCUT2D eigenvalue weighted by molar-refractivity contribution is 6.30. The molecule has 0 amide bonds. The average Bonchev–Trinajstić information content (AvgIpc) is 2.39. The molecule has 4 nitrogen and oxygen atoms in total. The molecule has 2 aromatic rings. The molecule has 0 heterocycles. The molecule has 0 radical (unpaired) electrons. The maximum Gasteiger partial charge on any atom is 0.171 e. The summed E-state index contributed by atoms with van der Waals surface area (Å²) in [5.41, 5.74) is 6.63. The summed E-state index contributed by atoms with van der Waals surface area (Å²) >= 11 is 5.90. The van der Waals surface area contributed by atoms with Gasteiger partial charge >= 0.3 is 0 Å². The van der Waals surface area contributed by atoms with Crippen LogP contribution in [0.25, 0.3) is 0 Å². The van der Waals surface area contributed by atoms with Crippen LogP contribution < -0.4 is 15.2 Å². The smallest absolute Gasteiger partial charge is 0.171 e. The predicted molar refractivity (Wildman–Crippen MR) is 73.6 cm³/mol. The van der Waals surface area contributed by atoms with Gasteiger partial charge in [-0.1, -0.05) is 11.6 Å². The molecular formula is C14H11ClN2O2. The molecule has 0 aliphatic heterocycles. The van der Waals surface area contributed by atoms with Gasteiger partial charge in [0.25, 0.3) is 0 Å². The fourth-order valence-electron chi connectivity index (χ4n) is 1.56. The zero-order valence-corrected chi connectivity index (χ0v) is 10.9. The molecular weight excluding hydrogens is 264 g/mol.